The van der Waals surface area contributed by atoms with E-state index < -0.39 is 11.6 Å². The maximum Gasteiger partial charge on any atom is 0.224 e. The lowest BCUT2D eigenvalue weighted by molar-refractivity contribution is -0.120. The average Bonchev–Trinajstić information content (AvgIpc) is 2.68. The molecule has 29 heavy (non-hydrogen) atoms. The summed E-state index contributed by atoms with van der Waals surface area (Å²) in [6.45, 7) is 2.70. The van der Waals surface area contributed by atoms with Gasteiger partial charge in [-0.2, -0.15) is 0 Å². The van der Waals surface area contributed by atoms with Crippen molar-refractivity contribution in [3.63, 3.8) is 0 Å². The highest BCUT2D eigenvalue weighted by atomic mass is 19.1. The number of rotatable bonds is 8. The molecule has 0 atom stereocenters. The molecule has 1 amide bonds. The Bertz CT molecular complexity index is 998. The molecule has 150 valence electrons. The molecule has 0 bridgehead atoms. The van der Waals surface area contributed by atoms with Gasteiger partial charge in [-0.05, 0) is 36.2 Å². The van der Waals surface area contributed by atoms with Crippen LogP contribution in [0, 0.1) is 18.6 Å². The van der Waals surface area contributed by atoms with Crippen molar-refractivity contribution in [2.24, 2.45) is 0 Å². The number of aromatic nitrogens is 3. The number of carbonyl (C=O) groups excluding carboxylic acids is 1. The van der Waals surface area contributed by atoms with E-state index in [1.807, 2.05) is 19.1 Å². The average molecular weight is 398 g/mol. The van der Waals surface area contributed by atoms with Crippen LogP contribution in [0.25, 0.3) is 0 Å². The van der Waals surface area contributed by atoms with Gasteiger partial charge >= 0.3 is 0 Å². The molecule has 0 spiro atoms. The van der Waals surface area contributed by atoms with Gasteiger partial charge in [0.2, 0.25) is 5.91 Å². The minimum Gasteiger partial charge on any atom is -0.368 e. The predicted molar refractivity (Wildman–Crippen MR) is 106 cm³/mol. The lowest BCUT2D eigenvalue weighted by atomic mass is 10.1. The molecule has 0 aliphatic rings. The highest BCUT2D eigenvalue weighted by Gasteiger charge is 2.09. The number of benzene rings is 1. The number of hydrogen-bond donors (Lipinski definition) is 3. The van der Waals surface area contributed by atoms with Gasteiger partial charge in [0.1, 0.15) is 35.4 Å². The van der Waals surface area contributed by atoms with Gasteiger partial charge in [0.25, 0.3) is 0 Å². The fraction of sp³-hybridized carbons (Fsp3) is 0.200. The quantitative estimate of drug-likeness (QED) is 0.506. The van der Waals surface area contributed by atoms with Crippen LogP contribution in [0.15, 0.2) is 48.9 Å². The Kier molecular flexibility index (Phi) is 6.62. The Morgan fingerprint density at radius 3 is 2.55 bits per heavy atom. The number of pyridine rings is 1. The summed E-state index contributed by atoms with van der Waals surface area (Å²) < 4.78 is 26.5. The van der Waals surface area contributed by atoms with Crippen molar-refractivity contribution >= 4 is 23.4 Å². The van der Waals surface area contributed by atoms with Gasteiger partial charge in [0.05, 0.1) is 6.42 Å². The molecular weight excluding hydrogens is 378 g/mol. The summed E-state index contributed by atoms with van der Waals surface area (Å²) in [6, 6.07) is 8.67. The van der Waals surface area contributed by atoms with Crippen LogP contribution in [-0.2, 0) is 11.2 Å². The van der Waals surface area contributed by atoms with Crippen molar-refractivity contribution < 1.29 is 13.6 Å². The molecule has 3 N–H and O–H groups in total. The van der Waals surface area contributed by atoms with E-state index in [2.05, 4.69) is 30.9 Å². The van der Waals surface area contributed by atoms with Crippen molar-refractivity contribution in [2.75, 3.05) is 23.7 Å². The van der Waals surface area contributed by atoms with Crippen molar-refractivity contribution in [3.05, 3.63) is 71.7 Å². The highest BCUT2D eigenvalue weighted by Crippen LogP contribution is 2.15. The van der Waals surface area contributed by atoms with Crippen LogP contribution >= 0.6 is 0 Å². The number of hydrogen-bond acceptors (Lipinski definition) is 6. The highest BCUT2D eigenvalue weighted by molar-refractivity contribution is 5.78. The minimum absolute atomic E-state index is 0.146. The Morgan fingerprint density at radius 1 is 0.966 bits per heavy atom. The van der Waals surface area contributed by atoms with Gasteiger partial charge in [-0.3, -0.25) is 4.79 Å². The van der Waals surface area contributed by atoms with E-state index in [4.69, 9.17) is 0 Å². The second kappa shape index (κ2) is 9.54. The van der Waals surface area contributed by atoms with Gasteiger partial charge < -0.3 is 16.0 Å². The van der Waals surface area contributed by atoms with E-state index in [1.54, 1.807) is 12.3 Å². The number of halogens is 2. The first-order chi connectivity index (χ1) is 14.0. The SMILES string of the molecule is Cc1ccnc(Nc2cc(NCCNC(=O)Cc3ccc(F)cc3F)ncn2)c1. The van der Waals surface area contributed by atoms with Gasteiger partial charge in [-0.25, -0.2) is 23.7 Å². The lowest BCUT2D eigenvalue weighted by Crippen LogP contribution is -2.30. The summed E-state index contributed by atoms with van der Waals surface area (Å²) >= 11 is 0. The number of aryl methyl sites for hydroxylation is 1. The Balaban J connectivity index is 1.45. The van der Waals surface area contributed by atoms with Crippen LogP contribution in [0.4, 0.5) is 26.2 Å². The molecule has 2 aromatic heterocycles. The van der Waals surface area contributed by atoms with Crippen LogP contribution in [-0.4, -0.2) is 33.9 Å². The standard InChI is InChI=1S/C20H20F2N6O/c1-13-4-5-23-18(8-13)28-19-11-17(26-12-27-19)24-6-7-25-20(29)9-14-2-3-15(21)10-16(14)22/h2-5,8,10-12H,6-7,9H2,1H3,(H,25,29)(H2,23,24,26,27,28). The Labute approximate surface area is 166 Å². The molecule has 7 nitrogen and oxygen atoms in total. The second-order valence-electron chi connectivity index (χ2n) is 6.32. The van der Waals surface area contributed by atoms with E-state index in [-0.39, 0.29) is 17.9 Å². The summed E-state index contributed by atoms with van der Waals surface area (Å²) in [5.41, 5.74) is 1.22. The van der Waals surface area contributed by atoms with Crippen LogP contribution in [0.3, 0.4) is 0 Å². The van der Waals surface area contributed by atoms with E-state index in [0.717, 1.165) is 17.7 Å². The first-order valence-electron chi connectivity index (χ1n) is 8.96. The molecule has 3 rings (SSSR count). The first kappa shape index (κ1) is 20.1. The number of anilines is 3. The third-order valence-electron chi connectivity index (χ3n) is 3.96. The topological polar surface area (TPSA) is 91.8 Å². The lowest BCUT2D eigenvalue weighted by Gasteiger charge is -2.09. The third kappa shape index (κ3) is 6.20. The molecule has 0 saturated heterocycles. The molecule has 0 fully saturated rings. The minimum atomic E-state index is -0.734. The maximum absolute atomic E-state index is 13.6. The molecule has 2 heterocycles. The monoisotopic (exact) mass is 398 g/mol. The zero-order valence-corrected chi connectivity index (χ0v) is 15.7. The van der Waals surface area contributed by atoms with Gasteiger partial charge in [-0.1, -0.05) is 6.07 Å². The number of amides is 1. The molecule has 9 heteroatoms. The van der Waals surface area contributed by atoms with Crippen LogP contribution in [0.1, 0.15) is 11.1 Å². The predicted octanol–water partition coefficient (Wildman–Crippen LogP) is 2.97. The molecular formula is C20H20F2N6O. The summed E-state index contributed by atoms with van der Waals surface area (Å²) in [6.07, 6.45) is 2.96. The van der Waals surface area contributed by atoms with Gasteiger partial charge in [-0.15, -0.1) is 0 Å². The third-order valence-corrected chi connectivity index (χ3v) is 3.96. The Morgan fingerprint density at radius 2 is 1.76 bits per heavy atom. The summed E-state index contributed by atoms with van der Waals surface area (Å²) in [5, 5.41) is 8.84. The van der Waals surface area contributed by atoms with Crippen LogP contribution < -0.4 is 16.0 Å². The normalized spacial score (nSPS) is 10.4. The number of carbonyl (C=O) groups is 1. The maximum atomic E-state index is 13.6. The molecule has 0 aliphatic heterocycles. The fourth-order valence-electron chi connectivity index (χ4n) is 2.55. The first-order valence-corrected chi connectivity index (χ1v) is 8.96. The molecule has 0 saturated carbocycles. The van der Waals surface area contributed by atoms with E-state index in [1.165, 1.54) is 12.4 Å². The number of nitrogens with zero attached hydrogens (tertiary/aromatic N) is 3. The van der Waals surface area contributed by atoms with Crippen LogP contribution in [0.2, 0.25) is 0 Å². The second-order valence-corrected chi connectivity index (χ2v) is 6.32. The summed E-state index contributed by atoms with van der Waals surface area (Å²) in [7, 11) is 0. The largest absolute Gasteiger partial charge is 0.368 e. The van der Waals surface area contributed by atoms with Crippen molar-refractivity contribution in [2.45, 2.75) is 13.3 Å². The van der Waals surface area contributed by atoms with E-state index >= 15 is 0 Å². The summed E-state index contributed by atoms with van der Waals surface area (Å²) in [5.74, 6) is 0.0725. The number of nitrogens with one attached hydrogen (secondary N) is 3. The molecule has 0 radical (unpaired) electrons. The van der Waals surface area contributed by atoms with Gasteiger partial charge in [0, 0.05) is 31.4 Å². The zero-order valence-electron chi connectivity index (χ0n) is 15.7. The molecule has 3 aromatic rings. The molecule has 0 aliphatic carbocycles. The fourth-order valence-corrected chi connectivity index (χ4v) is 2.55. The smallest absolute Gasteiger partial charge is 0.224 e. The van der Waals surface area contributed by atoms with E-state index in [9.17, 15) is 13.6 Å². The summed E-state index contributed by atoms with van der Waals surface area (Å²) in [4.78, 5) is 24.4. The van der Waals surface area contributed by atoms with Crippen molar-refractivity contribution in [3.8, 4) is 0 Å². The zero-order chi connectivity index (χ0) is 20.6. The van der Waals surface area contributed by atoms with Crippen molar-refractivity contribution in [1.29, 1.82) is 0 Å². The molecule has 0 unspecified atom stereocenters. The van der Waals surface area contributed by atoms with E-state index in [0.29, 0.717) is 30.5 Å². The van der Waals surface area contributed by atoms with Crippen molar-refractivity contribution in [1.82, 2.24) is 20.3 Å². The van der Waals surface area contributed by atoms with Crippen LogP contribution in [0.5, 0.6) is 0 Å². The Hall–Kier alpha value is -3.62. The molecule has 1 aromatic carbocycles. The van der Waals surface area contributed by atoms with Gasteiger partial charge in [0.15, 0.2) is 0 Å².